The van der Waals surface area contributed by atoms with Crippen molar-refractivity contribution in [3.05, 3.63) is 23.5 Å². The number of hydrogen-bond donors (Lipinski definition) is 1. The Morgan fingerprint density at radius 2 is 1.97 bits per heavy atom. The topological polar surface area (TPSA) is 120 Å². The first-order valence-electron chi connectivity index (χ1n) is 13.1. The SMILES string of the molecule is CN(CCC1CC1)C(=O)OCc1c(-c2ccc(O[C@H]3CCC[C@H](C(=O)O)C3)c(C3CC3)n2)nnn1C. The Bertz CT molecular complexity index is 1110. The number of nitrogens with zero attached hydrogens (tertiary/aromatic N) is 5. The molecule has 0 saturated heterocycles. The zero-order valence-electron chi connectivity index (χ0n) is 21.1. The summed E-state index contributed by atoms with van der Waals surface area (Å²) in [5.41, 5.74) is 2.82. The number of aliphatic carboxylic acids is 1. The standard InChI is InChI=1S/C26H35N5O5/c1-30(13-12-16-6-7-16)26(34)35-15-21-24(28-29-31(21)2)20-10-11-22(23(27-20)17-8-9-17)36-19-5-3-4-18(14-19)25(32)33/h10-11,16-19H,3-9,12-15H2,1-2H3,(H,32,33)/t18-,19-/m0/s1. The lowest BCUT2D eigenvalue weighted by molar-refractivity contribution is -0.143. The van der Waals surface area contributed by atoms with Gasteiger partial charge in [0.1, 0.15) is 23.7 Å². The van der Waals surface area contributed by atoms with E-state index in [-0.39, 0.29) is 24.7 Å². The minimum absolute atomic E-state index is 0.0583. The Balaban J connectivity index is 1.28. The molecule has 36 heavy (non-hydrogen) atoms. The molecule has 0 unspecified atom stereocenters. The van der Waals surface area contributed by atoms with E-state index in [0.717, 1.165) is 49.5 Å². The van der Waals surface area contributed by atoms with Crippen LogP contribution >= 0.6 is 0 Å². The normalized spacial score (nSPS) is 21.7. The second-order valence-electron chi connectivity index (χ2n) is 10.5. The molecular weight excluding hydrogens is 462 g/mol. The van der Waals surface area contributed by atoms with Crippen LogP contribution in [0.5, 0.6) is 5.75 Å². The van der Waals surface area contributed by atoms with Crippen molar-refractivity contribution < 1.29 is 24.2 Å². The van der Waals surface area contributed by atoms with Crippen molar-refractivity contribution in [2.75, 3.05) is 13.6 Å². The Morgan fingerprint density at radius 3 is 2.69 bits per heavy atom. The van der Waals surface area contributed by atoms with Gasteiger partial charge in [0.05, 0.1) is 23.4 Å². The average molecular weight is 498 g/mol. The number of amides is 1. The molecule has 2 aromatic heterocycles. The molecule has 5 rings (SSSR count). The third-order valence-corrected chi connectivity index (χ3v) is 7.52. The zero-order valence-corrected chi connectivity index (χ0v) is 21.1. The highest BCUT2D eigenvalue weighted by atomic mass is 16.6. The summed E-state index contributed by atoms with van der Waals surface area (Å²) in [7, 11) is 3.54. The van der Waals surface area contributed by atoms with Gasteiger partial charge in [0.25, 0.3) is 0 Å². The van der Waals surface area contributed by atoms with Gasteiger partial charge in [0, 0.05) is 26.6 Å². The van der Waals surface area contributed by atoms with E-state index in [1.807, 2.05) is 12.1 Å². The summed E-state index contributed by atoms with van der Waals surface area (Å²) in [6.45, 7) is 0.755. The van der Waals surface area contributed by atoms with E-state index in [2.05, 4.69) is 10.3 Å². The summed E-state index contributed by atoms with van der Waals surface area (Å²) >= 11 is 0. The fraction of sp³-hybridized carbons (Fsp3) is 0.654. The highest BCUT2D eigenvalue weighted by molar-refractivity contribution is 5.70. The minimum atomic E-state index is -0.746. The molecule has 3 aliphatic carbocycles. The highest BCUT2D eigenvalue weighted by Gasteiger charge is 2.33. The zero-order chi connectivity index (χ0) is 25.2. The molecule has 0 spiro atoms. The summed E-state index contributed by atoms with van der Waals surface area (Å²) in [5.74, 6) is 0.717. The number of aryl methyl sites for hydroxylation is 1. The molecule has 3 saturated carbocycles. The van der Waals surface area contributed by atoms with Crippen molar-refractivity contribution in [1.29, 1.82) is 0 Å². The van der Waals surface area contributed by atoms with Gasteiger partial charge in [-0.3, -0.25) is 4.79 Å². The Morgan fingerprint density at radius 1 is 1.17 bits per heavy atom. The number of rotatable bonds is 10. The highest BCUT2D eigenvalue weighted by Crippen LogP contribution is 2.45. The number of carboxylic acid groups (broad SMARTS) is 1. The molecule has 1 amide bonds. The van der Waals surface area contributed by atoms with Gasteiger partial charge in [-0.15, -0.1) is 5.10 Å². The number of ether oxygens (including phenoxy) is 2. The minimum Gasteiger partial charge on any atom is -0.488 e. The van der Waals surface area contributed by atoms with Crippen LogP contribution in [0.3, 0.4) is 0 Å². The van der Waals surface area contributed by atoms with Crippen LogP contribution in [0.25, 0.3) is 11.4 Å². The van der Waals surface area contributed by atoms with E-state index in [4.69, 9.17) is 14.5 Å². The Kier molecular flexibility index (Phi) is 7.11. The Hall–Kier alpha value is -3.17. The monoisotopic (exact) mass is 497 g/mol. The van der Waals surface area contributed by atoms with Crippen molar-refractivity contribution in [2.45, 2.75) is 76.4 Å². The first-order chi connectivity index (χ1) is 17.4. The Labute approximate surface area is 211 Å². The van der Waals surface area contributed by atoms with E-state index < -0.39 is 5.97 Å². The van der Waals surface area contributed by atoms with Gasteiger partial charge in [-0.25, -0.2) is 14.5 Å². The number of aromatic nitrogens is 4. The number of pyridine rings is 1. The van der Waals surface area contributed by atoms with E-state index in [0.29, 0.717) is 42.4 Å². The first-order valence-corrected chi connectivity index (χ1v) is 13.1. The van der Waals surface area contributed by atoms with Crippen LogP contribution in [0, 0.1) is 11.8 Å². The number of carbonyl (C=O) groups excluding carboxylic acids is 1. The van der Waals surface area contributed by atoms with Crippen LogP contribution < -0.4 is 4.74 Å². The molecule has 10 heteroatoms. The van der Waals surface area contributed by atoms with Crippen LogP contribution in [0.15, 0.2) is 12.1 Å². The third kappa shape index (κ3) is 5.79. The molecule has 1 N–H and O–H groups in total. The second-order valence-corrected chi connectivity index (χ2v) is 10.5. The van der Waals surface area contributed by atoms with Crippen LogP contribution in [-0.2, 0) is 23.2 Å². The molecule has 2 heterocycles. The van der Waals surface area contributed by atoms with E-state index in [1.54, 1.807) is 23.7 Å². The van der Waals surface area contributed by atoms with Crippen LogP contribution in [0.1, 0.15) is 75.1 Å². The fourth-order valence-electron chi connectivity index (χ4n) is 4.85. The van der Waals surface area contributed by atoms with Gasteiger partial charge in [-0.05, 0) is 63.0 Å². The van der Waals surface area contributed by atoms with Crippen molar-refractivity contribution in [3.8, 4) is 17.1 Å². The van der Waals surface area contributed by atoms with Gasteiger partial charge in [-0.1, -0.05) is 18.1 Å². The molecule has 0 bridgehead atoms. The molecule has 0 aromatic carbocycles. The number of hydrogen-bond acceptors (Lipinski definition) is 7. The summed E-state index contributed by atoms with van der Waals surface area (Å²) in [5, 5.41) is 17.9. The van der Waals surface area contributed by atoms with Gasteiger partial charge in [-0.2, -0.15) is 0 Å². The smallest absolute Gasteiger partial charge is 0.409 e. The van der Waals surface area contributed by atoms with Crippen molar-refractivity contribution in [1.82, 2.24) is 24.9 Å². The van der Waals surface area contributed by atoms with E-state index in [9.17, 15) is 14.7 Å². The molecule has 0 radical (unpaired) electrons. The average Bonchev–Trinajstić information content (AvgIpc) is 3.80. The summed E-state index contributed by atoms with van der Waals surface area (Å²) in [4.78, 5) is 30.4. The lowest BCUT2D eigenvalue weighted by atomic mass is 9.87. The predicted molar refractivity (Wildman–Crippen MR) is 130 cm³/mol. The fourth-order valence-corrected chi connectivity index (χ4v) is 4.85. The quantitative estimate of drug-likeness (QED) is 0.520. The molecule has 3 aliphatic rings. The third-order valence-electron chi connectivity index (χ3n) is 7.52. The van der Waals surface area contributed by atoms with Crippen LogP contribution in [-0.4, -0.2) is 61.7 Å². The summed E-state index contributed by atoms with van der Waals surface area (Å²) in [6.07, 6.45) is 8.10. The molecular formula is C26H35N5O5. The summed E-state index contributed by atoms with van der Waals surface area (Å²) < 4.78 is 13.5. The molecule has 2 atom stereocenters. The number of carboxylic acids is 1. The lowest BCUT2D eigenvalue weighted by Gasteiger charge is -2.28. The van der Waals surface area contributed by atoms with Gasteiger partial charge < -0.3 is 19.5 Å². The van der Waals surface area contributed by atoms with E-state index in [1.165, 1.54) is 12.8 Å². The second kappa shape index (κ2) is 10.4. The van der Waals surface area contributed by atoms with Crippen molar-refractivity contribution in [2.24, 2.45) is 18.9 Å². The van der Waals surface area contributed by atoms with Crippen LogP contribution in [0.4, 0.5) is 4.79 Å². The first kappa shape index (κ1) is 24.5. The molecule has 10 nitrogen and oxygen atoms in total. The van der Waals surface area contributed by atoms with Gasteiger partial charge in [0.15, 0.2) is 0 Å². The van der Waals surface area contributed by atoms with E-state index >= 15 is 0 Å². The maximum absolute atomic E-state index is 12.5. The van der Waals surface area contributed by atoms with Crippen LogP contribution in [0.2, 0.25) is 0 Å². The van der Waals surface area contributed by atoms with Crippen molar-refractivity contribution >= 4 is 12.1 Å². The number of carbonyl (C=O) groups is 2. The molecule has 0 aliphatic heterocycles. The largest absolute Gasteiger partial charge is 0.488 e. The molecule has 194 valence electrons. The summed E-state index contributed by atoms with van der Waals surface area (Å²) in [6, 6.07) is 3.77. The lowest BCUT2D eigenvalue weighted by Crippen LogP contribution is -2.29. The van der Waals surface area contributed by atoms with Gasteiger partial charge >= 0.3 is 12.1 Å². The maximum atomic E-state index is 12.5. The molecule has 3 fully saturated rings. The maximum Gasteiger partial charge on any atom is 0.409 e. The predicted octanol–water partition coefficient (Wildman–Crippen LogP) is 4.15. The molecule has 2 aromatic rings. The van der Waals surface area contributed by atoms with Crippen molar-refractivity contribution in [3.63, 3.8) is 0 Å². The van der Waals surface area contributed by atoms with Gasteiger partial charge in [0.2, 0.25) is 0 Å².